The van der Waals surface area contributed by atoms with Crippen LogP contribution in [0.5, 0.6) is 0 Å². The molecular weight excluding hydrogens is 267 g/mol. The van der Waals surface area contributed by atoms with Crippen molar-refractivity contribution >= 4 is 8.69 Å². The van der Waals surface area contributed by atoms with Gasteiger partial charge in [0.15, 0.2) is 8.69 Å². The molecule has 0 saturated carbocycles. The predicted octanol–water partition coefficient (Wildman–Crippen LogP) is 6.55. The van der Waals surface area contributed by atoms with Crippen LogP contribution in [0, 0.1) is 0 Å². The summed E-state index contributed by atoms with van der Waals surface area (Å²) in [4.78, 5) is 0. The Morgan fingerprint density at radius 2 is 0.950 bits per heavy atom. The average Bonchev–Trinajstić information content (AvgIpc) is 2.47. The van der Waals surface area contributed by atoms with Crippen LogP contribution < -0.4 is 0 Å². The monoisotopic (exact) mass is 304 g/mol. The summed E-state index contributed by atoms with van der Waals surface area (Å²) in [5.74, 6) is 0. The molecule has 0 aromatic carbocycles. The lowest BCUT2D eigenvalue weighted by molar-refractivity contribution is 0.328. The van der Waals surface area contributed by atoms with Gasteiger partial charge in [0.05, 0.1) is 6.61 Å². The molecule has 0 saturated heterocycles. The Balaban J connectivity index is 2.90. The van der Waals surface area contributed by atoms with Crippen LogP contribution in [0.3, 0.4) is 0 Å². The van der Waals surface area contributed by atoms with Crippen LogP contribution in [0.4, 0.5) is 0 Å². The van der Waals surface area contributed by atoms with E-state index in [1.54, 1.807) is 0 Å². The summed E-state index contributed by atoms with van der Waals surface area (Å²) in [6.45, 7) is 2.97. The van der Waals surface area contributed by atoms with Gasteiger partial charge >= 0.3 is 0 Å². The van der Waals surface area contributed by atoms with Crippen molar-refractivity contribution in [1.29, 1.82) is 0 Å². The zero-order chi connectivity index (χ0) is 14.7. The van der Waals surface area contributed by atoms with E-state index in [9.17, 15) is 4.57 Å². The van der Waals surface area contributed by atoms with Crippen molar-refractivity contribution in [3.05, 3.63) is 0 Å². The number of rotatable bonds is 17. The third-order valence-electron chi connectivity index (χ3n) is 3.93. The van der Waals surface area contributed by atoms with Gasteiger partial charge < -0.3 is 4.52 Å². The predicted molar refractivity (Wildman–Crippen MR) is 91.3 cm³/mol. The maximum absolute atomic E-state index is 10.1. The van der Waals surface area contributed by atoms with Crippen LogP contribution in [0.25, 0.3) is 0 Å². The molecule has 0 spiro atoms. The van der Waals surface area contributed by atoms with Gasteiger partial charge in [-0.05, 0) is 6.42 Å². The van der Waals surface area contributed by atoms with E-state index in [2.05, 4.69) is 6.92 Å². The Hall–Kier alpha value is 0.190. The largest absolute Gasteiger partial charge is 0.332 e. The molecule has 0 aliphatic carbocycles. The lowest BCUT2D eigenvalue weighted by Gasteiger charge is -2.03. The molecule has 1 unspecified atom stereocenters. The van der Waals surface area contributed by atoms with Crippen LogP contribution in [0.15, 0.2) is 0 Å². The van der Waals surface area contributed by atoms with Crippen molar-refractivity contribution in [3.63, 3.8) is 0 Å². The van der Waals surface area contributed by atoms with Gasteiger partial charge in [0.2, 0.25) is 0 Å². The highest BCUT2D eigenvalue weighted by Gasteiger charge is 1.94. The van der Waals surface area contributed by atoms with Crippen molar-refractivity contribution in [2.75, 3.05) is 6.61 Å². The van der Waals surface area contributed by atoms with Crippen LogP contribution in [0.2, 0.25) is 0 Å². The van der Waals surface area contributed by atoms with Crippen molar-refractivity contribution in [2.45, 2.75) is 103 Å². The fraction of sp³-hybridized carbons (Fsp3) is 1.00. The molecule has 0 aromatic heterocycles. The standard InChI is InChI=1S/C17H37O2P/c1-2-3-4-5-6-7-8-9-10-11-12-13-14-15-16-17-19-20-18/h2-17,20H2,1H3. The van der Waals surface area contributed by atoms with Gasteiger partial charge in [-0.3, -0.25) is 4.57 Å². The molecule has 0 amide bonds. The minimum absolute atomic E-state index is 0.692. The fourth-order valence-electron chi connectivity index (χ4n) is 2.60. The zero-order valence-corrected chi connectivity index (χ0v) is 14.9. The number of hydrogen-bond acceptors (Lipinski definition) is 2. The topological polar surface area (TPSA) is 26.3 Å². The number of hydrogen-bond donors (Lipinski definition) is 0. The van der Waals surface area contributed by atoms with E-state index in [0.29, 0.717) is 6.61 Å². The van der Waals surface area contributed by atoms with Gasteiger partial charge in [0, 0.05) is 0 Å². The van der Waals surface area contributed by atoms with E-state index in [4.69, 9.17) is 4.52 Å². The quantitative estimate of drug-likeness (QED) is 0.225. The third-order valence-corrected chi connectivity index (χ3v) is 4.31. The van der Waals surface area contributed by atoms with Crippen molar-refractivity contribution in [3.8, 4) is 0 Å². The van der Waals surface area contributed by atoms with E-state index >= 15 is 0 Å². The molecular formula is C17H37O2P. The Morgan fingerprint density at radius 3 is 1.30 bits per heavy atom. The molecule has 0 radical (unpaired) electrons. The van der Waals surface area contributed by atoms with Gasteiger partial charge in [0.25, 0.3) is 0 Å². The summed E-state index contributed by atoms with van der Waals surface area (Å²) < 4.78 is 15.0. The highest BCUT2D eigenvalue weighted by atomic mass is 31.1. The van der Waals surface area contributed by atoms with E-state index < -0.39 is 8.69 Å². The van der Waals surface area contributed by atoms with Gasteiger partial charge in [0.1, 0.15) is 0 Å². The maximum atomic E-state index is 10.1. The summed E-state index contributed by atoms with van der Waals surface area (Å²) in [5, 5.41) is 0. The molecule has 0 heterocycles. The van der Waals surface area contributed by atoms with Gasteiger partial charge in [-0.1, -0.05) is 96.8 Å². The van der Waals surface area contributed by atoms with E-state index in [1.807, 2.05) is 0 Å². The first-order chi connectivity index (χ1) is 9.91. The smallest absolute Gasteiger partial charge is 0.179 e. The molecule has 2 nitrogen and oxygen atoms in total. The molecule has 0 bridgehead atoms. The Labute approximate surface area is 128 Å². The first-order valence-electron chi connectivity index (χ1n) is 8.97. The van der Waals surface area contributed by atoms with Gasteiger partial charge in [-0.15, -0.1) is 0 Å². The number of unbranched alkanes of at least 4 members (excludes halogenated alkanes) is 14. The summed E-state index contributed by atoms with van der Waals surface area (Å²) in [6.07, 6.45) is 20.7. The van der Waals surface area contributed by atoms with Crippen LogP contribution >= 0.6 is 8.69 Å². The highest BCUT2D eigenvalue weighted by Crippen LogP contribution is 2.13. The minimum Gasteiger partial charge on any atom is -0.332 e. The molecule has 1 atom stereocenters. The first-order valence-corrected chi connectivity index (χ1v) is 9.91. The Morgan fingerprint density at radius 1 is 0.600 bits per heavy atom. The zero-order valence-electron chi connectivity index (χ0n) is 13.7. The van der Waals surface area contributed by atoms with E-state index in [0.717, 1.165) is 6.42 Å². The van der Waals surface area contributed by atoms with Crippen molar-refractivity contribution in [2.24, 2.45) is 0 Å². The summed E-state index contributed by atoms with van der Waals surface area (Å²) in [6, 6.07) is 0. The van der Waals surface area contributed by atoms with Crippen molar-refractivity contribution in [1.82, 2.24) is 0 Å². The summed E-state index contributed by atoms with van der Waals surface area (Å²) in [5.41, 5.74) is 0. The molecule has 0 aromatic rings. The second-order valence-electron chi connectivity index (χ2n) is 5.92. The highest BCUT2D eigenvalue weighted by molar-refractivity contribution is 7.17. The second kappa shape index (κ2) is 19.2. The fourth-order valence-corrected chi connectivity index (χ4v) is 2.87. The molecule has 0 aliphatic heterocycles. The van der Waals surface area contributed by atoms with Gasteiger partial charge in [-0.2, -0.15) is 0 Å². The molecule has 0 fully saturated rings. The molecule has 3 heteroatoms. The van der Waals surface area contributed by atoms with Crippen molar-refractivity contribution < 1.29 is 9.09 Å². The molecule has 0 N–H and O–H groups in total. The Bertz CT molecular complexity index is 186. The normalized spacial score (nSPS) is 11.7. The lowest BCUT2D eigenvalue weighted by Crippen LogP contribution is -1.86. The molecule has 122 valence electrons. The molecule has 0 aliphatic rings. The lowest BCUT2D eigenvalue weighted by atomic mass is 10.0. The summed E-state index contributed by atoms with van der Waals surface area (Å²) >= 11 is 0. The van der Waals surface area contributed by atoms with Crippen LogP contribution in [0.1, 0.15) is 103 Å². The SMILES string of the molecule is CCCCCCCCCCCCCCCCCO[PH2]=O. The molecule has 0 rings (SSSR count). The second-order valence-corrected chi connectivity index (χ2v) is 6.44. The first kappa shape index (κ1) is 20.2. The average molecular weight is 304 g/mol. The van der Waals surface area contributed by atoms with Crippen LogP contribution in [-0.4, -0.2) is 6.61 Å². The minimum atomic E-state index is -0.991. The maximum Gasteiger partial charge on any atom is 0.179 e. The van der Waals surface area contributed by atoms with Crippen LogP contribution in [-0.2, 0) is 9.09 Å². The molecule has 20 heavy (non-hydrogen) atoms. The summed E-state index contributed by atoms with van der Waals surface area (Å²) in [7, 11) is -0.991. The van der Waals surface area contributed by atoms with Gasteiger partial charge in [-0.25, -0.2) is 0 Å². The third kappa shape index (κ3) is 18.2. The Kier molecular flexibility index (Phi) is 19.4. The van der Waals surface area contributed by atoms with E-state index in [1.165, 1.54) is 89.9 Å². The van der Waals surface area contributed by atoms with E-state index in [-0.39, 0.29) is 0 Å².